The average molecular weight is 364 g/mol. The Hall–Kier alpha value is -2.06. The van der Waals surface area contributed by atoms with Crippen molar-refractivity contribution in [2.24, 2.45) is 0 Å². The minimum atomic E-state index is -0.498. The minimum absolute atomic E-state index is 0.0389. The second kappa shape index (κ2) is 6.53. The van der Waals surface area contributed by atoms with Gasteiger partial charge in [0, 0.05) is 11.3 Å². The van der Waals surface area contributed by atoms with Gasteiger partial charge in [0.15, 0.2) is 0 Å². The highest BCUT2D eigenvalue weighted by Gasteiger charge is 2.27. The summed E-state index contributed by atoms with van der Waals surface area (Å²) >= 11 is 0. The molecule has 0 aliphatic carbocycles. The maximum absolute atomic E-state index is 10.6. The molecule has 0 radical (unpaired) electrons. The van der Waals surface area contributed by atoms with Crippen LogP contribution in [0, 0.1) is 34.6 Å². The van der Waals surface area contributed by atoms with Crippen LogP contribution in [0.25, 0.3) is 16.7 Å². The monoisotopic (exact) mass is 363 g/mol. The summed E-state index contributed by atoms with van der Waals surface area (Å²) < 4.78 is 0. The largest absolute Gasteiger partial charge is 0.389 e. The molecule has 1 heterocycles. The van der Waals surface area contributed by atoms with Crippen LogP contribution in [-0.2, 0) is 0 Å². The van der Waals surface area contributed by atoms with Gasteiger partial charge in [-0.1, -0.05) is 12.1 Å². The molecule has 1 aliphatic rings. The van der Waals surface area contributed by atoms with Crippen LogP contribution in [-0.4, -0.2) is 10.6 Å². The third kappa shape index (κ3) is 3.10. The molecule has 1 unspecified atom stereocenters. The Morgan fingerprint density at radius 1 is 0.815 bits per heavy atom. The van der Waals surface area contributed by atoms with Crippen LogP contribution < -0.4 is 5.32 Å². The van der Waals surface area contributed by atoms with E-state index in [0.29, 0.717) is 0 Å². The fraction of sp³-hybridized carbons (Fsp3) is 0.440. The van der Waals surface area contributed by atoms with Crippen LogP contribution in [0.4, 0.5) is 5.69 Å². The molecule has 27 heavy (non-hydrogen) atoms. The van der Waals surface area contributed by atoms with Crippen molar-refractivity contribution in [3.8, 4) is 11.1 Å². The highest BCUT2D eigenvalue weighted by molar-refractivity contribution is 5.89. The first-order valence-corrected chi connectivity index (χ1v) is 9.86. The number of rotatable bonds is 2. The summed E-state index contributed by atoms with van der Waals surface area (Å²) in [5.41, 5.74) is 13.6. The standard InChI is InChI=1S/C25H33NO/c1-13-12-25(8,9)26-21-11-10-20(18(6)22(13)21)24-17(5)15(3)14(2)16(4)23(24)19(7)27/h10-12,19,26-27H,1-9H3. The Labute approximate surface area is 164 Å². The quantitative estimate of drug-likeness (QED) is 0.633. The summed E-state index contributed by atoms with van der Waals surface area (Å²) in [5, 5.41) is 14.3. The molecule has 2 nitrogen and oxygen atoms in total. The van der Waals surface area contributed by atoms with E-state index in [9.17, 15) is 5.11 Å². The first-order valence-electron chi connectivity index (χ1n) is 9.86. The highest BCUT2D eigenvalue weighted by atomic mass is 16.3. The van der Waals surface area contributed by atoms with Crippen molar-refractivity contribution in [2.45, 2.75) is 74.0 Å². The molecule has 1 aliphatic heterocycles. The Kier molecular flexibility index (Phi) is 4.76. The number of anilines is 1. The lowest BCUT2D eigenvalue weighted by Gasteiger charge is -2.33. The third-order valence-electron chi connectivity index (χ3n) is 6.32. The van der Waals surface area contributed by atoms with Gasteiger partial charge in [-0.25, -0.2) is 0 Å². The van der Waals surface area contributed by atoms with E-state index < -0.39 is 6.10 Å². The number of fused-ring (bicyclic) bond motifs is 1. The molecule has 2 N–H and O–H groups in total. The van der Waals surface area contributed by atoms with E-state index in [4.69, 9.17) is 0 Å². The van der Waals surface area contributed by atoms with Crippen molar-refractivity contribution >= 4 is 11.3 Å². The maximum Gasteiger partial charge on any atom is 0.0770 e. The first kappa shape index (κ1) is 19.7. The Bertz CT molecular complexity index is 961. The molecule has 2 aromatic carbocycles. The van der Waals surface area contributed by atoms with E-state index in [-0.39, 0.29) is 5.54 Å². The summed E-state index contributed by atoms with van der Waals surface area (Å²) in [6, 6.07) is 4.42. The van der Waals surface area contributed by atoms with E-state index >= 15 is 0 Å². The smallest absolute Gasteiger partial charge is 0.0770 e. The Morgan fingerprint density at radius 3 is 2.00 bits per heavy atom. The maximum atomic E-state index is 10.6. The SMILES string of the molecule is CC1=CC(C)(C)Nc2ccc(-c3c(C)c(C)c(C)c(C)c3C(C)O)c(C)c21. The summed E-state index contributed by atoms with van der Waals surface area (Å²) in [5.74, 6) is 0. The normalized spacial score (nSPS) is 16.4. The second-order valence-corrected chi connectivity index (χ2v) is 8.80. The summed E-state index contributed by atoms with van der Waals surface area (Å²) in [6.45, 7) is 19.4. The summed E-state index contributed by atoms with van der Waals surface area (Å²) in [6.07, 6.45) is 1.81. The Morgan fingerprint density at radius 2 is 1.41 bits per heavy atom. The van der Waals surface area contributed by atoms with Crippen molar-refractivity contribution in [1.29, 1.82) is 0 Å². The van der Waals surface area contributed by atoms with Crippen LogP contribution in [0.2, 0.25) is 0 Å². The van der Waals surface area contributed by atoms with Gasteiger partial charge in [0.2, 0.25) is 0 Å². The van der Waals surface area contributed by atoms with Crippen LogP contribution in [0.1, 0.15) is 72.7 Å². The van der Waals surface area contributed by atoms with Gasteiger partial charge in [0.25, 0.3) is 0 Å². The first-order chi connectivity index (χ1) is 12.5. The van der Waals surface area contributed by atoms with Crippen molar-refractivity contribution < 1.29 is 5.11 Å². The lowest BCUT2D eigenvalue weighted by molar-refractivity contribution is 0.199. The zero-order valence-electron chi connectivity index (χ0n) is 18.3. The number of aliphatic hydroxyl groups is 1. The van der Waals surface area contributed by atoms with Gasteiger partial charge in [-0.3, -0.25) is 0 Å². The molecule has 144 valence electrons. The van der Waals surface area contributed by atoms with Gasteiger partial charge < -0.3 is 10.4 Å². The molecular weight excluding hydrogens is 330 g/mol. The lowest BCUT2D eigenvalue weighted by Crippen LogP contribution is -2.31. The van der Waals surface area contributed by atoms with Gasteiger partial charge in [-0.05, 0) is 118 Å². The molecule has 1 atom stereocenters. The number of allylic oxidation sites excluding steroid dienone is 1. The lowest BCUT2D eigenvalue weighted by atomic mass is 9.80. The van der Waals surface area contributed by atoms with Crippen molar-refractivity contribution in [3.63, 3.8) is 0 Å². The number of hydrogen-bond donors (Lipinski definition) is 2. The fourth-order valence-electron chi connectivity index (χ4n) is 4.80. The molecule has 2 aromatic rings. The van der Waals surface area contributed by atoms with Crippen LogP contribution in [0.5, 0.6) is 0 Å². The van der Waals surface area contributed by atoms with Crippen LogP contribution >= 0.6 is 0 Å². The van der Waals surface area contributed by atoms with E-state index in [1.54, 1.807) is 0 Å². The van der Waals surface area contributed by atoms with Crippen LogP contribution in [0.3, 0.4) is 0 Å². The number of hydrogen-bond acceptors (Lipinski definition) is 2. The second-order valence-electron chi connectivity index (χ2n) is 8.80. The molecule has 0 amide bonds. The molecular formula is C25H33NO. The third-order valence-corrected chi connectivity index (χ3v) is 6.32. The molecule has 0 bridgehead atoms. The summed E-state index contributed by atoms with van der Waals surface area (Å²) in [4.78, 5) is 0. The average Bonchev–Trinajstić information content (AvgIpc) is 2.55. The van der Waals surface area contributed by atoms with Crippen molar-refractivity contribution in [3.05, 3.63) is 57.2 Å². The predicted octanol–water partition coefficient (Wildman–Crippen LogP) is 6.56. The number of nitrogens with one attached hydrogen (secondary N) is 1. The van der Waals surface area contributed by atoms with Gasteiger partial charge in [-0.2, -0.15) is 0 Å². The molecule has 3 rings (SSSR count). The van der Waals surface area contributed by atoms with E-state index in [2.05, 4.69) is 78.9 Å². The highest BCUT2D eigenvalue weighted by Crippen LogP contribution is 2.44. The fourth-order valence-corrected chi connectivity index (χ4v) is 4.80. The summed E-state index contributed by atoms with van der Waals surface area (Å²) in [7, 11) is 0. The van der Waals surface area contributed by atoms with Gasteiger partial charge in [-0.15, -0.1) is 0 Å². The van der Waals surface area contributed by atoms with E-state index in [1.807, 2.05) is 6.92 Å². The molecule has 0 spiro atoms. The van der Waals surface area contributed by atoms with Crippen molar-refractivity contribution in [2.75, 3.05) is 5.32 Å². The van der Waals surface area contributed by atoms with Gasteiger partial charge >= 0.3 is 0 Å². The minimum Gasteiger partial charge on any atom is -0.389 e. The predicted molar refractivity (Wildman–Crippen MR) is 118 cm³/mol. The molecule has 0 saturated heterocycles. The van der Waals surface area contributed by atoms with E-state index in [1.165, 1.54) is 55.8 Å². The topological polar surface area (TPSA) is 32.3 Å². The number of aliphatic hydroxyl groups excluding tert-OH is 1. The molecule has 2 heteroatoms. The zero-order chi connectivity index (χ0) is 20.3. The Balaban J connectivity index is 2.37. The molecule has 0 aromatic heterocycles. The molecule has 0 saturated carbocycles. The van der Waals surface area contributed by atoms with Gasteiger partial charge in [0.1, 0.15) is 0 Å². The van der Waals surface area contributed by atoms with Crippen molar-refractivity contribution in [1.82, 2.24) is 0 Å². The zero-order valence-corrected chi connectivity index (χ0v) is 18.3. The van der Waals surface area contributed by atoms with E-state index in [0.717, 1.165) is 5.56 Å². The number of benzene rings is 2. The molecule has 0 fully saturated rings. The van der Waals surface area contributed by atoms with Gasteiger partial charge in [0.05, 0.1) is 11.6 Å². The van der Waals surface area contributed by atoms with Crippen LogP contribution in [0.15, 0.2) is 18.2 Å².